The molecule has 0 spiro atoms. The summed E-state index contributed by atoms with van der Waals surface area (Å²) in [5.41, 5.74) is 2.01. The van der Waals surface area contributed by atoms with Crippen molar-refractivity contribution in [1.29, 1.82) is 0 Å². The Bertz CT molecular complexity index is 751. The largest absolute Gasteiger partial charge is 0.346 e. The van der Waals surface area contributed by atoms with Crippen LogP contribution in [0.5, 0.6) is 0 Å². The fourth-order valence-corrected chi connectivity index (χ4v) is 3.34. The van der Waals surface area contributed by atoms with Gasteiger partial charge < -0.3 is 5.32 Å². The molecule has 1 amide bonds. The van der Waals surface area contributed by atoms with Crippen LogP contribution in [0.4, 0.5) is 5.69 Å². The maximum atomic E-state index is 12.4. The molecule has 0 aliphatic carbocycles. The van der Waals surface area contributed by atoms with E-state index in [2.05, 4.69) is 15.0 Å². The van der Waals surface area contributed by atoms with Gasteiger partial charge in [-0.25, -0.2) is 9.19 Å². The van der Waals surface area contributed by atoms with Gasteiger partial charge in [0.1, 0.15) is 5.01 Å². The van der Waals surface area contributed by atoms with E-state index in [9.17, 15) is 9.00 Å². The van der Waals surface area contributed by atoms with E-state index in [0.717, 1.165) is 16.3 Å². The number of aromatic nitrogens is 1. The molecule has 0 bridgehead atoms. The molecule has 1 aromatic heterocycles. The number of hydrogen-bond donors (Lipinski definition) is 3. The fraction of sp³-hybridized carbons (Fsp3) is 0.412. The third kappa shape index (κ3) is 5.91. The number of benzene rings is 1. The van der Waals surface area contributed by atoms with E-state index in [4.69, 9.17) is 4.55 Å². The number of carbonyl (C=O) groups excluding carboxylic acids is 1. The lowest BCUT2D eigenvalue weighted by atomic mass is 9.94. The molecule has 1 heterocycles. The topological polar surface area (TPSA) is 91.3 Å². The average molecular weight is 382 g/mol. The van der Waals surface area contributed by atoms with E-state index in [-0.39, 0.29) is 11.9 Å². The summed E-state index contributed by atoms with van der Waals surface area (Å²) >= 11 is -0.564. The second-order valence-corrected chi connectivity index (χ2v) is 8.45. The molecule has 136 valence electrons. The number of nitrogens with zero attached hydrogens (tertiary/aromatic N) is 1. The van der Waals surface area contributed by atoms with Crippen LogP contribution in [0.25, 0.3) is 0 Å². The Morgan fingerprint density at radius 1 is 1.32 bits per heavy atom. The monoisotopic (exact) mass is 381 g/mol. The Kier molecular flexibility index (Phi) is 6.31. The predicted molar refractivity (Wildman–Crippen MR) is 102 cm³/mol. The number of nitrogens with one attached hydrogen (secondary N) is 2. The zero-order chi connectivity index (χ0) is 18.6. The fourth-order valence-electron chi connectivity index (χ4n) is 2.15. The lowest BCUT2D eigenvalue weighted by Crippen LogP contribution is -2.38. The summed E-state index contributed by atoms with van der Waals surface area (Å²) in [6.45, 7) is 7.56. The average Bonchev–Trinajstić information content (AvgIpc) is 2.93. The molecular formula is C17H23N3O3S2. The van der Waals surface area contributed by atoms with Crippen molar-refractivity contribution in [3.05, 3.63) is 45.9 Å². The maximum Gasteiger partial charge on any atom is 0.259 e. The number of hydrogen-bond acceptors (Lipinski definition) is 4. The van der Waals surface area contributed by atoms with Crippen LogP contribution in [0.15, 0.2) is 29.6 Å². The van der Waals surface area contributed by atoms with Gasteiger partial charge in [-0.3, -0.25) is 14.1 Å². The summed E-state index contributed by atoms with van der Waals surface area (Å²) in [5, 5.41) is 5.92. The van der Waals surface area contributed by atoms with Gasteiger partial charge in [0, 0.05) is 22.2 Å². The third-order valence-electron chi connectivity index (χ3n) is 3.52. The molecule has 0 saturated heterocycles. The van der Waals surface area contributed by atoms with E-state index in [1.54, 1.807) is 12.1 Å². The first-order valence-electron chi connectivity index (χ1n) is 7.84. The third-order valence-corrected chi connectivity index (χ3v) is 5.01. The van der Waals surface area contributed by atoms with E-state index >= 15 is 0 Å². The molecule has 2 atom stereocenters. The molecule has 0 saturated carbocycles. The van der Waals surface area contributed by atoms with E-state index in [0.29, 0.717) is 12.1 Å². The van der Waals surface area contributed by atoms with Crippen LogP contribution < -0.4 is 10.0 Å². The van der Waals surface area contributed by atoms with Crippen LogP contribution in [-0.4, -0.2) is 19.7 Å². The highest BCUT2D eigenvalue weighted by molar-refractivity contribution is 7.80. The van der Waals surface area contributed by atoms with Crippen molar-refractivity contribution in [2.45, 2.75) is 40.2 Å². The smallest absolute Gasteiger partial charge is 0.259 e. The summed E-state index contributed by atoms with van der Waals surface area (Å²) in [6, 6.07) is 6.99. The number of aryl methyl sites for hydroxylation is 1. The van der Waals surface area contributed by atoms with Gasteiger partial charge in [0.2, 0.25) is 5.91 Å². The summed E-state index contributed by atoms with van der Waals surface area (Å²) in [7, 11) is 0. The highest BCUT2D eigenvalue weighted by Crippen LogP contribution is 2.25. The second kappa shape index (κ2) is 8.07. The minimum absolute atomic E-state index is 0.0284. The molecule has 0 aliphatic rings. The number of amides is 1. The van der Waals surface area contributed by atoms with Crippen molar-refractivity contribution >= 4 is 34.2 Å². The number of rotatable bonds is 6. The van der Waals surface area contributed by atoms with E-state index in [1.165, 1.54) is 11.3 Å². The second-order valence-electron chi connectivity index (χ2n) is 6.86. The van der Waals surface area contributed by atoms with Crippen LogP contribution in [0.1, 0.15) is 43.1 Å². The molecule has 6 nitrogen and oxygen atoms in total. The molecule has 0 radical (unpaired) electrons. The van der Waals surface area contributed by atoms with Crippen LogP contribution in [0.3, 0.4) is 0 Å². The summed E-state index contributed by atoms with van der Waals surface area (Å²) in [5.74, 6) is -0.0284. The van der Waals surface area contributed by atoms with Gasteiger partial charge in [-0.05, 0) is 31.0 Å². The molecule has 3 N–H and O–H groups in total. The van der Waals surface area contributed by atoms with Gasteiger partial charge in [0.05, 0.1) is 6.04 Å². The molecule has 1 unspecified atom stereocenters. The highest BCUT2D eigenvalue weighted by atomic mass is 32.2. The Morgan fingerprint density at radius 3 is 2.44 bits per heavy atom. The highest BCUT2D eigenvalue weighted by Gasteiger charge is 2.26. The standard InChI is InChI=1S/C17H23N3O3S2/c1-11-10-24-15(18-11)14(19-16(21)17(2,3)4)9-12-5-7-13(8-6-12)20-25(22)23/h5-8,10,14,20H,9H2,1-4H3,(H,19,21)(H,22,23)/t14-/m0/s1. The summed E-state index contributed by atoms with van der Waals surface area (Å²) in [4.78, 5) is 16.9. The first-order valence-corrected chi connectivity index (χ1v) is 9.83. The molecule has 0 aliphatic heterocycles. The predicted octanol–water partition coefficient (Wildman–Crippen LogP) is 3.45. The first kappa shape index (κ1) is 19.6. The minimum Gasteiger partial charge on any atom is -0.346 e. The van der Waals surface area contributed by atoms with Gasteiger partial charge in [-0.2, -0.15) is 0 Å². The molecule has 0 fully saturated rings. The van der Waals surface area contributed by atoms with Crippen molar-refractivity contribution in [3.63, 3.8) is 0 Å². The van der Waals surface area contributed by atoms with Crippen molar-refractivity contribution in [3.8, 4) is 0 Å². The number of carbonyl (C=O) groups is 1. The first-order chi connectivity index (χ1) is 11.6. The Morgan fingerprint density at radius 2 is 1.96 bits per heavy atom. The molecule has 8 heteroatoms. The van der Waals surface area contributed by atoms with Crippen LogP contribution >= 0.6 is 11.3 Å². The van der Waals surface area contributed by atoms with E-state index < -0.39 is 16.7 Å². The molecule has 2 aromatic rings. The van der Waals surface area contributed by atoms with Crippen molar-refractivity contribution in [2.75, 3.05) is 4.72 Å². The van der Waals surface area contributed by atoms with Gasteiger partial charge in [0.25, 0.3) is 11.3 Å². The van der Waals surface area contributed by atoms with Gasteiger partial charge >= 0.3 is 0 Å². The summed E-state index contributed by atoms with van der Waals surface area (Å²) in [6.07, 6.45) is 0.595. The molecule has 2 rings (SSSR count). The lowest BCUT2D eigenvalue weighted by molar-refractivity contribution is -0.129. The normalized spacial score (nSPS) is 14.0. The summed E-state index contributed by atoms with van der Waals surface area (Å²) < 4.78 is 22.1. The van der Waals surface area contributed by atoms with Crippen molar-refractivity contribution < 1.29 is 13.6 Å². The van der Waals surface area contributed by atoms with Crippen molar-refractivity contribution in [1.82, 2.24) is 10.3 Å². The lowest BCUT2D eigenvalue weighted by Gasteiger charge is -2.23. The number of thiazole rings is 1. The quantitative estimate of drug-likeness (QED) is 0.669. The Balaban J connectivity index is 2.18. The zero-order valence-electron chi connectivity index (χ0n) is 14.7. The minimum atomic E-state index is -2.09. The van der Waals surface area contributed by atoms with E-state index in [1.807, 2.05) is 45.2 Å². The van der Waals surface area contributed by atoms with Crippen LogP contribution in [0.2, 0.25) is 0 Å². The van der Waals surface area contributed by atoms with Crippen LogP contribution in [-0.2, 0) is 22.5 Å². The number of anilines is 1. The molecule has 25 heavy (non-hydrogen) atoms. The van der Waals surface area contributed by atoms with Gasteiger partial charge in [-0.1, -0.05) is 32.9 Å². The Labute approximate surface area is 154 Å². The zero-order valence-corrected chi connectivity index (χ0v) is 16.3. The molecular weight excluding hydrogens is 358 g/mol. The maximum absolute atomic E-state index is 12.4. The van der Waals surface area contributed by atoms with Gasteiger partial charge in [-0.15, -0.1) is 11.3 Å². The van der Waals surface area contributed by atoms with Crippen molar-refractivity contribution in [2.24, 2.45) is 5.41 Å². The van der Waals surface area contributed by atoms with Gasteiger partial charge in [0.15, 0.2) is 0 Å². The molecule has 1 aromatic carbocycles. The van der Waals surface area contributed by atoms with Crippen LogP contribution in [0, 0.1) is 12.3 Å². The SMILES string of the molecule is Cc1csc([C@H](Cc2ccc(NS(=O)O)cc2)NC(=O)C(C)(C)C)n1. The Hall–Kier alpha value is -1.77.